The summed E-state index contributed by atoms with van der Waals surface area (Å²) in [5.74, 6) is 1.85. The number of nitrogens with zero attached hydrogens (tertiary/aromatic N) is 2. The van der Waals surface area contributed by atoms with Gasteiger partial charge in [-0.3, -0.25) is 0 Å². The molecule has 17 heavy (non-hydrogen) atoms. The number of hydrogen-bond donors (Lipinski definition) is 1. The van der Waals surface area contributed by atoms with Crippen LogP contribution in [0.4, 0.5) is 5.13 Å². The average molecular weight is 286 g/mol. The number of hydrogen-bond acceptors (Lipinski definition) is 5. The van der Waals surface area contributed by atoms with Crippen LogP contribution in [0.5, 0.6) is 0 Å². The number of halogens is 1. The normalized spacial score (nSPS) is 10.5. The van der Waals surface area contributed by atoms with Crippen molar-refractivity contribution in [2.45, 2.75) is 11.5 Å². The number of benzene rings is 1. The van der Waals surface area contributed by atoms with Crippen molar-refractivity contribution in [1.29, 1.82) is 0 Å². The maximum Gasteiger partial charge on any atom is 0.205 e. The van der Waals surface area contributed by atoms with Gasteiger partial charge in [0.25, 0.3) is 0 Å². The Labute approximate surface area is 114 Å². The first kappa shape index (κ1) is 12.7. The Kier molecular flexibility index (Phi) is 4.65. The molecule has 0 atom stereocenters. The molecular formula is C11H12ClN3S2. The molecule has 0 aliphatic rings. The third kappa shape index (κ3) is 3.87. The minimum atomic E-state index is 0.779. The third-order valence-electron chi connectivity index (χ3n) is 2.09. The largest absolute Gasteiger partial charge is 0.363 e. The summed E-state index contributed by atoms with van der Waals surface area (Å²) in [5.41, 5.74) is 1.28. The highest BCUT2D eigenvalue weighted by molar-refractivity contribution is 7.97. The quantitative estimate of drug-likeness (QED) is 0.910. The smallest absolute Gasteiger partial charge is 0.205 e. The fourth-order valence-corrected chi connectivity index (χ4v) is 3.11. The van der Waals surface area contributed by atoms with Crippen LogP contribution in [-0.2, 0) is 11.5 Å². The van der Waals surface area contributed by atoms with Crippen LogP contribution >= 0.6 is 34.7 Å². The number of nitrogens with one attached hydrogen (secondary N) is 1. The lowest BCUT2D eigenvalue weighted by atomic mass is 10.2. The highest BCUT2D eigenvalue weighted by Gasteiger charge is 2.02. The van der Waals surface area contributed by atoms with E-state index in [1.165, 1.54) is 5.56 Å². The molecule has 6 heteroatoms. The number of thioether (sulfide) groups is 1. The monoisotopic (exact) mass is 285 g/mol. The molecule has 0 bridgehead atoms. The molecule has 1 aromatic heterocycles. The zero-order valence-corrected chi connectivity index (χ0v) is 11.7. The van der Waals surface area contributed by atoms with E-state index in [1.54, 1.807) is 11.3 Å². The van der Waals surface area contributed by atoms with Gasteiger partial charge in [0, 0.05) is 23.6 Å². The molecule has 90 valence electrons. The predicted molar refractivity (Wildman–Crippen MR) is 75.9 cm³/mol. The van der Waals surface area contributed by atoms with E-state index in [-0.39, 0.29) is 0 Å². The predicted octanol–water partition coefficient (Wildman–Crippen LogP) is 3.67. The van der Waals surface area contributed by atoms with E-state index in [2.05, 4.69) is 27.6 Å². The van der Waals surface area contributed by atoms with E-state index in [9.17, 15) is 0 Å². The maximum absolute atomic E-state index is 5.83. The second-order valence-corrected chi connectivity index (χ2v) is 5.85. The molecule has 2 aromatic rings. The SMILES string of the molecule is CNc1nnc(CSCc2ccc(Cl)cc2)s1. The van der Waals surface area contributed by atoms with Crippen LogP contribution in [0.2, 0.25) is 5.02 Å². The summed E-state index contributed by atoms with van der Waals surface area (Å²) in [5, 5.41) is 13.8. The lowest BCUT2D eigenvalue weighted by Crippen LogP contribution is -1.84. The summed E-state index contributed by atoms with van der Waals surface area (Å²) < 4.78 is 0. The highest BCUT2D eigenvalue weighted by atomic mass is 35.5. The molecule has 0 fully saturated rings. The van der Waals surface area contributed by atoms with E-state index in [0.717, 1.165) is 26.7 Å². The van der Waals surface area contributed by atoms with Crippen molar-refractivity contribution in [3.63, 3.8) is 0 Å². The van der Waals surface area contributed by atoms with Gasteiger partial charge in [0.15, 0.2) is 0 Å². The molecule has 0 aliphatic heterocycles. The van der Waals surface area contributed by atoms with Gasteiger partial charge in [-0.25, -0.2) is 0 Å². The van der Waals surface area contributed by atoms with Gasteiger partial charge in [0.05, 0.1) is 0 Å². The van der Waals surface area contributed by atoms with Gasteiger partial charge < -0.3 is 5.32 Å². The van der Waals surface area contributed by atoms with Crippen molar-refractivity contribution in [3.05, 3.63) is 39.9 Å². The summed E-state index contributed by atoms with van der Waals surface area (Å²) in [6, 6.07) is 7.94. The second-order valence-electron chi connectivity index (χ2n) is 3.37. The Balaban J connectivity index is 1.81. The molecule has 0 aliphatic carbocycles. The van der Waals surface area contributed by atoms with E-state index < -0.39 is 0 Å². The van der Waals surface area contributed by atoms with Crippen molar-refractivity contribution in [3.8, 4) is 0 Å². The van der Waals surface area contributed by atoms with Crippen molar-refractivity contribution >= 4 is 39.8 Å². The molecule has 3 nitrogen and oxygen atoms in total. The Morgan fingerprint density at radius 2 is 2.00 bits per heavy atom. The Hall–Kier alpha value is -0.780. The molecule has 0 saturated heterocycles. The molecule has 1 heterocycles. The molecule has 0 amide bonds. The topological polar surface area (TPSA) is 37.8 Å². The van der Waals surface area contributed by atoms with Gasteiger partial charge >= 0.3 is 0 Å². The number of rotatable bonds is 5. The average Bonchev–Trinajstić information content (AvgIpc) is 2.80. The van der Waals surface area contributed by atoms with E-state index in [1.807, 2.05) is 30.9 Å². The van der Waals surface area contributed by atoms with Crippen molar-refractivity contribution in [2.75, 3.05) is 12.4 Å². The zero-order chi connectivity index (χ0) is 12.1. The molecule has 0 radical (unpaired) electrons. The standard InChI is InChI=1S/C11H12ClN3S2/c1-13-11-15-14-10(17-11)7-16-6-8-2-4-9(12)5-3-8/h2-5H,6-7H2,1H3,(H,13,15). The summed E-state index contributed by atoms with van der Waals surface area (Å²) >= 11 is 9.25. The molecule has 0 unspecified atom stereocenters. The van der Waals surface area contributed by atoms with E-state index in [0.29, 0.717) is 0 Å². The van der Waals surface area contributed by atoms with Crippen LogP contribution in [0.15, 0.2) is 24.3 Å². The Bertz CT molecular complexity index is 470. The minimum Gasteiger partial charge on any atom is -0.363 e. The fraction of sp³-hybridized carbons (Fsp3) is 0.273. The fourth-order valence-electron chi connectivity index (χ4n) is 1.25. The highest BCUT2D eigenvalue weighted by Crippen LogP contribution is 2.22. The van der Waals surface area contributed by atoms with Crippen LogP contribution in [-0.4, -0.2) is 17.2 Å². The Morgan fingerprint density at radius 3 is 2.65 bits per heavy atom. The van der Waals surface area contributed by atoms with E-state index >= 15 is 0 Å². The second kappa shape index (κ2) is 6.23. The van der Waals surface area contributed by atoms with Crippen LogP contribution in [0, 0.1) is 0 Å². The maximum atomic E-state index is 5.83. The van der Waals surface area contributed by atoms with Gasteiger partial charge in [-0.2, -0.15) is 0 Å². The molecule has 0 spiro atoms. The van der Waals surface area contributed by atoms with Crippen LogP contribution in [0.1, 0.15) is 10.6 Å². The lowest BCUT2D eigenvalue weighted by molar-refractivity contribution is 1.04. The molecular weight excluding hydrogens is 274 g/mol. The van der Waals surface area contributed by atoms with Gasteiger partial charge in [0.2, 0.25) is 5.13 Å². The van der Waals surface area contributed by atoms with Crippen LogP contribution in [0.3, 0.4) is 0 Å². The first-order valence-corrected chi connectivity index (χ1v) is 7.45. The van der Waals surface area contributed by atoms with Crippen molar-refractivity contribution in [2.24, 2.45) is 0 Å². The minimum absolute atomic E-state index is 0.779. The van der Waals surface area contributed by atoms with Crippen LogP contribution < -0.4 is 5.32 Å². The van der Waals surface area contributed by atoms with Gasteiger partial charge in [0.1, 0.15) is 5.01 Å². The first-order chi connectivity index (χ1) is 8.28. The van der Waals surface area contributed by atoms with E-state index in [4.69, 9.17) is 11.6 Å². The van der Waals surface area contributed by atoms with Gasteiger partial charge in [-0.1, -0.05) is 35.1 Å². The van der Waals surface area contributed by atoms with Crippen LogP contribution in [0.25, 0.3) is 0 Å². The summed E-state index contributed by atoms with van der Waals surface area (Å²) in [7, 11) is 1.85. The van der Waals surface area contributed by atoms with Gasteiger partial charge in [-0.05, 0) is 17.7 Å². The molecule has 1 N–H and O–H groups in total. The third-order valence-corrected chi connectivity index (χ3v) is 4.48. The van der Waals surface area contributed by atoms with Gasteiger partial charge in [-0.15, -0.1) is 22.0 Å². The zero-order valence-electron chi connectivity index (χ0n) is 9.31. The first-order valence-electron chi connectivity index (χ1n) is 5.10. The van der Waals surface area contributed by atoms with Crippen molar-refractivity contribution in [1.82, 2.24) is 10.2 Å². The number of anilines is 1. The van der Waals surface area contributed by atoms with Crippen molar-refractivity contribution < 1.29 is 0 Å². The molecule has 2 rings (SSSR count). The number of aromatic nitrogens is 2. The summed E-state index contributed by atoms with van der Waals surface area (Å²) in [6.45, 7) is 0. The lowest BCUT2D eigenvalue weighted by Gasteiger charge is -1.99. The Morgan fingerprint density at radius 1 is 1.24 bits per heavy atom. The molecule has 0 saturated carbocycles. The summed E-state index contributed by atoms with van der Waals surface area (Å²) in [6.07, 6.45) is 0. The summed E-state index contributed by atoms with van der Waals surface area (Å²) in [4.78, 5) is 0. The molecule has 1 aromatic carbocycles.